The Morgan fingerprint density at radius 2 is 1.93 bits per heavy atom. The zero-order chi connectivity index (χ0) is 20.1. The Morgan fingerprint density at radius 1 is 1.18 bits per heavy atom. The minimum atomic E-state index is -0.595. The second-order valence-electron chi connectivity index (χ2n) is 6.69. The number of hydrogen-bond acceptors (Lipinski definition) is 6. The number of phenolic OH excluding ortho intramolecular Hbond substituents is 1. The number of amides is 1. The minimum Gasteiger partial charge on any atom is -0.508 e. The van der Waals surface area contributed by atoms with Crippen molar-refractivity contribution >= 4 is 12.1 Å². The second kappa shape index (κ2) is 8.75. The van der Waals surface area contributed by atoms with Gasteiger partial charge in [-0.15, -0.1) is 0 Å². The molecule has 148 valence electrons. The highest BCUT2D eigenvalue weighted by Crippen LogP contribution is 2.36. The van der Waals surface area contributed by atoms with Crippen molar-refractivity contribution in [2.24, 2.45) is 0 Å². The van der Waals surface area contributed by atoms with Gasteiger partial charge >= 0.3 is 12.1 Å². The number of nitrogens with zero attached hydrogens (tertiary/aromatic N) is 1. The summed E-state index contributed by atoms with van der Waals surface area (Å²) in [7, 11) is 1.26. The summed E-state index contributed by atoms with van der Waals surface area (Å²) in [4.78, 5) is 25.8. The van der Waals surface area contributed by atoms with E-state index in [0.717, 1.165) is 5.56 Å². The standard InChI is InChI=1S/C21H23NO6/c1-27-20(25)15-7-8-17(19(24)11-15)18-12-16(23)9-10-22(18)21(26)28-13-14-5-3-2-4-6-14/h2-8,11,16,18,23-24H,9-10,12-13H2,1H3/t16-,18-/m0/s1. The Hall–Kier alpha value is -3.06. The smallest absolute Gasteiger partial charge is 0.410 e. The van der Waals surface area contributed by atoms with Crippen molar-refractivity contribution in [2.75, 3.05) is 13.7 Å². The van der Waals surface area contributed by atoms with E-state index in [9.17, 15) is 19.8 Å². The molecule has 0 aromatic heterocycles. The third kappa shape index (κ3) is 4.43. The van der Waals surface area contributed by atoms with Gasteiger partial charge in [-0.1, -0.05) is 36.4 Å². The van der Waals surface area contributed by atoms with E-state index in [1.54, 1.807) is 6.07 Å². The van der Waals surface area contributed by atoms with Gasteiger partial charge in [0.1, 0.15) is 12.4 Å². The first-order valence-corrected chi connectivity index (χ1v) is 9.06. The summed E-state index contributed by atoms with van der Waals surface area (Å²) in [5, 5.41) is 20.5. The van der Waals surface area contributed by atoms with Gasteiger partial charge in [-0.05, 0) is 30.5 Å². The minimum absolute atomic E-state index is 0.136. The van der Waals surface area contributed by atoms with Crippen LogP contribution < -0.4 is 0 Å². The summed E-state index contributed by atoms with van der Waals surface area (Å²) in [6.07, 6.45) is -0.413. The third-order valence-electron chi connectivity index (χ3n) is 4.82. The molecule has 7 heteroatoms. The summed E-state index contributed by atoms with van der Waals surface area (Å²) in [5.74, 6) is -0.701. The number of aliphatic hydroxyl groups is 1. The second-order valence-corrected chi connectivity index (χ2v) is 6.69. The molecule has 1 aliphatic heterocycles. The van der Waals surface area contributed by atoms with Crippen molar-refractivity contribution in [3.63, 3.8) is 0 Å². The van der Waals surface area contributed by atoms with Gasteiger partial charge in [0.15, 0.2) is 0 Å². The predicted octanol–water partition coefficient (Wildman–Crippen LogP) is 3.01. The number of phenols is 1. The normalized spacial score (nSPS) is 19.1. The summed E-state index contributed by atoms with van der Waals surface area (Å²) < 4.78 is 10.1. The lowest BCUT2D eigenvalue weighted by molar-refractivity contribution is 0.0253. The maximum atomic E-state index is 12.7. The summed E-state index contributed by atoms with van der Waals surface area (Å²) in [6, 6.07) is 13.2. The fraction of sp³-hybridized carbons (Fsp3) is 0.333. The Morgan fingerprint density at radius 3 is 2.61 bits per heavy atom. The molecule has 28 heavy (non-hydrogen) atoms. The van der Waals surface area contributed by atoms with Gasteiger partial charge < -0.3 is 24.6 Å². The van der Waals surface area contributed by atoms with Crippen molar-refractivity contribution in [1.29, 1.82) is 0 Å². The molecule has 3 rings (SSSR count). The molecule has 0 saturated carbocycles. The zero-order valence-electron chi connectivity index (χ0n) is 15.6. The number of likely N-dealkylation sites (tertiary alicyclic amines) is 1. The van der Waals surface area contributed by atoms with Gasteiger partial charge in [-0.2, -0.15) is 0 Å². The van der Waals surface area contributed by atoms with Gasteiger partial charge in [-0.3, -0.25) is 0 Å². The highest BCUT2D eigenvalue weighted by Gasteiger charge is 2.34. The first-order chi connectivity index (χ1) is 13.5. The molecule has 0 unspecified atom stereocenters. The molecular weight excluding hydrogens is 362 g/mol. The molecule has 0 spiro atoms. The number of benzene rings is 2. The Balaban J connectivity index is 1.78. The molecule has 7 nitrogen and oxygen atoms in total. The van der Waals surface area contributed by atoms with Gasteiger partial charge in [0.25, 0.3) is 0 Å². The third-order valence-corrected chi connectivity index (χ3v) is 4.82. The molecule has 2 N–H and O–H groups in total. The van der Waals surface area contributed by atoms with E-state index in [1.165, 1.54) is 24.1 Å². The number of rotatable bonds is 4. The van der Waals surface area contributed by atoms with Crippen LogP contribution in [0.2, 0.25) is 0 Å². The largest absolute Gasteiger partial charge is 0.508 e. The van der Waals surface area contributed by atoms with Crippen LogP contribution in [0.1, 0.15) is 40.4 Å². The average Bonchev–Trinajstić information content (AvgIpc) is 2.72. The van der Waals surface area contributed by atoms with Crippen LogP contribution in [0.5, 0.6) is 5.75 Å². The molecule has 2 atom stereocenters. The highest BCUT2D eigenvalue weighted by molar-refractivity contribution is 5.90. The topological polar surface area (TPSA) is 96.3 Å². The first-order valence-electron chi connectivity index (χ1n) is 9.06. The van der Waals surface area contributed by atoms with E-state index < -0.39 is 24.2 Å². The molecule has 0 radical (unpaired) electrons. The molecule has 2 aromatic carbocycles. The van der Waals surface area contributed by atoms with Crippen molar-refractivity contribution in [3.8, 4) is 5.75 Å². The Labute approximate surface area is 163 Å². The molecular formula is C21H23NO6. The van der Waals surface area contributed by atoms with E-state index >= 15 is 0 Å². The molecule has 2 aromatic rings. The molecule has 1 aliphatic rings. The van der Waals surface area contributed by atoms with Crippen molar-refractivity contribution in [1.82, 2.24) is 4.90 Å². The van der Waals surface area contributed by atoms with E-state index in [4.69, 9.17) is 4.74 Å². The Bertz CT molecular complexity index is 838. The fourth-order valence-corrected chi connectivity index (χ4v) is 3.33. The lowest BCUT2D eigenvalue weighted by Crippen LogP contribution is -2.42. The summed E-state index contributed by atoms with van der Waals surface area (Å²) >= 11 is 0. The molecule has 0 bridgehead atoms. The average molecular weight is 385 g/mol. The number of methoxy groups -OCH3 is 1. The van der Waals surface area contributed by atoms with Gasteiger partial charge in [0.2, 0.25) is 0 Å². The van der Waals surface area contributed by atoms with Gasteiger partial charge in [0, 0.05) is 12.1 Å². The zero-order valence-corrected chi connectivity index (χ0v) is 15.6. The summed E-state index contributed by atoms with van der Waals surface area (Å²) in [5.41, 5.74) is 1.52. The quantitative estimate of drug-likeness (QED) is 0.786. The molecule has 0 aliphatic carbocycles. The number of esters is 1. The SMILES string of the molecule is COC(=O)c1ccc([C@@H]2C[C@@H](O)CCN2C(=O)OCc2ccccc2)c(O)c1. The number of ether oxygens (including phenoxy) is 2. The van der Waals surface area contributed by atoms with Crippen LogP contribution in [0.15, 0.2) is 48.5 Å². The van der Waals surface area contributed by atoms with E-state index in [2.05, 4.69) is 4.74 Å². The number of aromatic hydroxyl groups is 1. The number of carbonyl (C=O) groups is 2. The van der Waals surface area contributed by atoms with Gasteiger partial charge in [0.05, 0.1) is 24.8 Å². The predicted molar refractivity (Wildman–Crippen MR) is 101 cm³/mol. The highest BCUT2D eigenvalue weighted by atomic mass is 16.6. The number of hydrogen-bond donors (Lipinski definition) is 2. The lowest BCUT2D eigenvalue weighted by atomic mass is 9.92. The number of piperidine rings is 1. The van der Waals surface area contributed by atoms with Crippen LogP contribution in [0.4, 0.5) is 4.79 Å². The van der Waals surface area contributed by atoms with E-state index in [1.807, 2.05) is 30.3 Å². The molecule has 1 saturated heterocycles. The van der Waals surface area contributed by atoms with E-state index in [0.29, 0.717) is 18.5 Å². The maximum Gasteiger partial charge on any atom is 0.410 e. The fourth-order valence-electron chi connectivity index (χ4n) is 3.33. The summed E-state index contributed by atoms with van der Waals surface area (Å²) in [6.45, 7) is 0.441. The van der Waals surface area contributed by atoms with E-state index in [-0.39, 0.29) is 24.3 Å². The first kappa shape index (κ1) is 19.7. The van der Waals surface area contributed by atoms with Crippen LogP contribution in [0, 0.1) is 0 Å². The Kier molecular flexibility index (Phi) is 6.16. The molecule has 1 fully saturated rings. The van der Waals surface area contributed by atoms with Crippen LogP contribution in [0.3, 0.4) is 0 Å². The van der Waals surface area contributed by atoms with Gasteiger partial charge in [-0.25, -0.2) is 9.59 Å². The maximum absolute atomic E-state index is 12.7. The monoisotopic (exact) mass is 385 g/mol. The lowest BCUT2D eigenvalue weighted by Gasteiger charge is -2.37. The van der Waals surface area contributed by atoms with Crippen LogP contribution in [-0.2, 0) is 16.1 Å². The molecule has 1 heterocycles. The van der Waals surface area contributed by atoms with Crippen LogP contribution in [0.25, 0.3) is 0 Å². The van der Waals surface area contributed by atoms with Crippen LogP contribution >= 0.6 is 0 Å². The van der Waals surface area contributed by atoms with Crippen molar-refractivity contribution in [2.45, 2.75) is 31.6 Å². The number of aliphatic hydroxyl groups excluding tert-OH is 1. The van der Waals surface area contributed by atoms with Crippen molar-refractivity contribution in [3.05, 3.63) is 65.2 Å². The van der Waals surface area contributed by atoms with Crippen LogP contribution in [-0.4, -0.2) is 46.9 Å². The van der Waals surface area contributed by atoms with Crippen molar-refractivity contribution < 1.29 is 29.3 Å². The molecule has 1 amide bonds. The number of carbonyl (C=O) groups excluding carboxylic acids is 2.